The van der Waals surface area contributed by atoms with Gasteiger partial charge in [0.05, 0.1) is 6.10 Å². The van der Waals surface area contributed by atoms with E-state index in [2.05, 4.69) is 0 Å². The molecule has 1 atom stereocenters. The van der Waals surface area contributed by atoms with Crippen LogP contribution in [-0.4, -0.2) is 29.7 Å². The lowest BCUT2D eigenvalue weighted by Gasteiger charge is -2.27. The van der Waals surface area contributed by atoms with E-state index in [-0.39, 0.29) is 12.0 Å². The summed E-state index contributed by atoms with van der Waals surface area (Å²) in [4.78, 5) is 0. The highest BCUT2D eigenvalue weighted by Gasteiger charge is 2.24. The Kier molecular flexibility index (Phi) is 3.30. The largest absolute Gasteiger partial charge is 0.393 e. The summed E-state index contributed by atoms with van der Waals surface area (Å²) in [5.74, 6) is 0.225. The minimum Gasteiger partial charge on any atom is -0.393 e. The van der Waals surface area contributed by atoms with Crippen LogP contribution in [0.1, 0.15) is 25.7 Å². The van der Waals surface area contributed by atoms with E-state index < -0.39 is 6.29 Å². The Morgan fingerprint density at radius 1 is 1.27 bits per heavy atom. The van der Waals surface area contributed by atoms with Crippen molar-refractivity contribution in [2.75, 3.05) is 7.11 Å². The summed E-state index contributed by atoms with van der Waals surface area (Å²) in [5.41, 5.74) is 0. The molecule has 0 radical (unpaired) electrons. The van der Waals surface area contributed by atoms with Gasteiger partial charge in [-0.3, -0.25) is 0 Å². The Labute approximate surface area is 67.0 Å². The Hall–Kier alpha value is -0.120. The standard InChI is InChI=1S/C8H16O3/c1-11-8(10)6-2-4-7(9)5-3-6/h6-10H,2-5H2,1H3/t6-,7+,8?. The van der Waals surface area contributed by atoms with Crippen molar-refractivity contribution < 1.29 is 14.9 Å². The number of methoxy groups -OCH3 is 1. The number of ether oxygens (including phenoxy) is 1. The van der Waals surface area contributed by atoms with Gasteiger partial charge >= 0.3 is 0 Å². The number of aliphatic hydroxyl groups is 2. The van der Waals surface area contributed by atoms with Crippen LogP contribution >= 0.6 is 0 Å². The van der Waals surface area contributed by atoms with Crippen molar-refractivity contribution in [1.82, 2.24) is 0 Å². The molecule has 0 saturated heterocycles. The second-order valence-corrected chi connectivity index (χ2v) is 3.19. The zero-order chi connectivity index (χ0) is 8.27. The maximum Gasteiger partial charge on any atom is 0.156 e. The Bertz CT molecular complexity index is 108. The lowest BCUT2D eigenvalue weighted by Crippen LogP contribution is -2.28. The van der Waals surface area contributed by atoms with Gasteiger partial charge in [0.25, 0.3) is 0 Å². The third kappa shape index (κ3) is 2.43. The van der Waals surface area contributed by atoms with Gasteiger partial charge < -0.3 is 14.9 Å². The summed E-state index contributed by atoms with van der Waals surface area (Å²) in [7, 11) is 1.51. The van der Waals surface area contributed by atoms with Crippen molar-refractivity contribution in [2.45, 2.75) is 38.1 Å². The van der Waals surface area contributed by atoms with E-state index in [0.29, 0.717) is 0 Å². The van der Waals surface area contributed by atoms with E-state index in [1.165, 1.54) is 7.11 Å². The van der Waals surface area contributed by atoms with Crippen LogP contribution in [-0.2, 0) is 4.74 Å². The van der Waals surface area contributed by atoms with Crippen molar-refractivity contribution in [3.63, 3.8) is 0 Å². The van der Waals surface area contributed by atoms with Gasteiger partial charge in [0.1, 0.15) is 0 Å². The Morgan fingerprint density at radius 3 is 2.27 bits per heavy atom. The van der Waals surface area contributed by atoms with Crippen LogP contribution in [0.15, 0.2) is 0 Å². The average Bonchev–Trinajstić information content (AvgIpc) is 2.05. The molecule has 2 N–H and O–H groups in total. The lowest BCUT2D eigenvalue weighted by atomic mass is 9.87. The number of hydrogen-bond donors (Lipinski definition) is 2. The van der Waals surface area contributed by atoms with Crippen molar-refractivity contribution in [1.29, 1.82) is 0 Å². The third-order valence-electron chi connectivity index (χ3n) is 2.39. The molecule has 0 aromatic heterocycles. The van der Waals surface area contributed by atoms with Gasteiger partial charge in [-0.1, -0.05) is 0 Å². The fraction of sp³-hybridized carbons (Fsp3) is 1.00. The van der Waals surface area contributed by atoms with Gasteiger partial charge in [-0.05, 0) is 25.7 Å². The fourth-order valence-corrected chi connectivity index (χ4v) is 1.58. The van der Waals surface area contributed by atoms with E-state index in [9.17, 15) is 5.11 Å². The minimum atomic E-state index is -0.637. The van der Waals surface area contributed by atoms with Crippen LogP contribution in [0.3, 0.4) is 0 Å². The lowest BCUT2D eigenvalue weighted by molar-refractivity contribution is -0.125. The van der Waals surface area contributed by atoms with Crippen molar-refractivity contribution >= 4 is 0 Å². The predicted octanol–water partition coefficient (Wildman–Crippen LogP) is 0.502. The second kappa shape index (κ2) is 4.04. The fourth-order valence-electron chi connectivity index (χ4n) is 1.58. The summed E-state index contributed by atoms with van der Waals surface area (Å²) in [5, 5.41) is 18.4. The first-order chi connectivity index (χ1) is 5.24. The van der Waals surface area contributed by atoms with E-state index in [4.69, 9.17) is 9.84 Å². The zero-order valence-corrected chi connectivity index (χ0v) is 6.86. The molecule has 0 spiro atoms. The van der Waals surface area contributed by atoms with Crippen LogP contribution < -0.4 is 0 Å². The first-order valence-electron chi connectivity index (χ1n) is 4.13. The molecule has 3 nitrogen and oxygen atoms in total. The number of rotatable bonds is 2. The summed E-state index contributed by atoms with van der Waals surface area (Å²) < 4.78 is 4.80. The highest BCUT2D eigenvalue weighted by atomic mass is 16.6. The van der Waals surface area contributed by atoms with E-state index in [1.54, 1.807) is 0 Å². The molecule has 0 bridgehead atoms. The second-order valence-electron chi connectivity index (χ2n) is 3.19. The molecule has 0 aliphatic heterocycles. The smallest absolute Gasteiger partial charge is 0.156 e. The van der Waals surface area contributed by atoms with E-state index in [1.807, 2.05) is 0 Å². The Morgan fingerprint density at radius 2 is 1.82 bits per heavy atom. The molecular formula is C8H16O3. The molecule has 11 heavy (non-hydrogen) atoms. The van der Waals surface area contributed by atoms with Crippen molar-refractivity contribution in [3.8, 4) is 0 Å². The van der Waals surface area contributed by atoms with Crippen LogP contribution in [0, 0.1) is 5.92 Å². The Balaban J connectivity index is 2.27. The first-order valence-corrected chi connectivity index (χ1v) is 4.13. The molecule has 1 saturated carbocycles. The molecule has 0 aromatic carbocycles. The van der Waals surface area contributed by atoms with Gasteiger partial charge in [-0.25, -0.2) is 0 Å². The monoisotopic (exact) mass is 160 g/mol. The van der Waals surface area contributed by atoms with Gasteiger partial charge in [0, 0.05) is 13.0 Å². The zero-order valence-electron chi connectivity index (χ0n) is 6.86. The molecule has 0 amide bonds. The predicted molar refractivity (Wildman–Crippen MR) is 41.0 cm³/mol. The van der Waals surface area contributed by atoms with E-state index >= 15 is 0 Å². The molecular weight excluding hydrogens is 144 g/mol. The number of hydrogen-bond acceptors (Lipinski definition) is 3. The first kappa shape index (κ1) is 8.97. The minimum absolute atomic E-state index is 0.157. The molecule has 0 aromatic rings. The summed E-state index contributed by atoms with van der Waals surface area (Å²) in [6, 6.07) is 0. The summed E-state index contributed by atoms with van der Waals surface area (Å²) >= 11 is 0. The van der Waals surface area contributed by atoms with Crippen LogP contribution in [0.4, 0.5) is 0 Å². The molecule has 1 fully saturated rings. The molecule has 3 heteroatoms. The van der Waals surface area contributed by atoms with Gasteiger partial charge in [0.2, 0.25) is 0 Å². The highest BCUT2D eigenvalue weighted by Crippen LogP contribution is 2.26. The maximum atomic E-state index is 9.27. The molecule has 0 heterocycles. The molecule has 66 valence electrons. The third-order valence-corrected chi connectivity index (χ3v) is 2.39. The van der Waals surface area contributed by atoms with Crippen LogP contribution in [0.2, 0.25) is 0 Å². The van der Waals surface area contributed by atoms with Crippen LogP contribution in [0.5, 0.6) is 0 Å². The molecule has 1 aliphatic carbocycles. The highest BCUT2D eigenvalue weighted by molar-refractivity contribution is 4.72. The van der Waals surface area contributed by atoms with Gasteiger partial charge in [0.15, 0.2) is 6.29 Å². The SMILES string of the molecule is COC(O)[C@H]1CC[C@@H](O)CC1. The van der Waals surface area contributed by atoms with Crippen molar-refractivity contribution in [2.24, 2.45) is 5.92 Å². The normalized spacial score (nSPS) is 35.2. The van der Waals surface area contributed by atoms with Crippen molar-refractivity contribution in [3.05, 3.63) is 0 Å². The topological polar surface area (TPSA) is 49.7 Å². The summed E-state index contributed by atoms with van der Waals surface area (Å²) in [6.45, 7) is 0. The average molecular weight is 160 g/mol. The maximum absolute atomic E-state index is 9.27. The van der Waals surface area contributed by atoms with Gasteiger partial charge in [-0.15, -0.1) is 0 Å². The summed E-state index contributed by atoms with van der Waals surface area (Å²) in [6.07, 6.45) is 2.54. The van der Waals surface area contributed by atoms with E-state index in [0.717, 1.165) is 25.7 Å². The molecule has 1 unspecified atom stereocenters. The molecule has 1 rings (SSSR count). The molecule has 1 aliphatic rings. The van der Waals surface area contributed by atoms with Crippen LogP contribution in [0.25, 0.3) is 0 Å². The quantitative estimate of drug-likeness (QED) is 0.578. The number of aliphatic hydroxyl groups excluding tert-OH is 2. The van der Waals surface area contributed by atoms with Gasteiger partial charge in [-0.2, -0.15) is 0 Å².